The molecule has 142 valence electrons. The van der Waals surface area contributed by atoms with Crippen LogP contribution in [0.3, 0.4) is 0 Å². The maximum Gasteiger partial charge on any atom is 0.163 e. The van der Waals surface area contributed by atoms with Crippen LogP contribution < -0.4 is 10.6 Å². The molecule has 6 heteroatoms. The monoisotopic (exact) mass is 381 g/mol. The zero-order valence-electron chi connectivity index (χ0n) is 16.4. The number of nitriles is 1. The van der Waals surface area contributed by atoms with Gasteiger partial charge < -0.3 is 5.32 Å². The second kappa shape index (κ2) is 8.24. The van der Waals surface area contributed by atoms with Crippen LogP contribution in [0, 0.1) is 30.7 Å². The molecule has 3 rings (SSSR count). The summed E-state index contributed by atoms with van der Waals surface area (Å²) in [7, 11) is 1.78. The maximum absolute atomic E-state index is 12.2. The molecule has 29 heavy (non-hydrogen) atoms. The number of anilines is 2. The van der Waals surface area contributed by atoms with Gasteiger partial charge in [0.05, 0.1) is 22.9 Å². The molecule has 0 aliphatic carbocycles. The molecule has 2 heterocycles. The number of hydrogen-bond acceptors (Lipinski definition) is 6. The van der Waals surface area contributed by atoms with Crippen LogP contribution in [0.25, 0.3) is 22.4 Å². The first kappa shape index (κ1) is 19.6. The van der Waals surface area contributed by atoms with Crippen molar-refractivity contribution in [1.82, 2.24) is 9.97 Å². The summed E-state index contributed by atoms with van der Waals surface area (Å²) in [4.78, 5) is 21.2. The van der Waals surface area contributed by atoms with E-state index in [-0.39, 0.29) is 5.78 Å². The van der Waals surface area contributed by atoms with E-state index < -0.39 is 0 Å². The van der Waals surface area contributed by atoms with Gasteiger partial charge in [0.1, 0.15) is 11.6 Å². The fraction of sp³-hybridized carbons (Fsp3) is 0.130. The Balaban J connectivity index is 2.39. The van der Waals surface area contributed by atoms with Crippen LogP contribution in [-0.4, -0.2) is 22.8 Å². The third kappa shape index (κ3) is 3.78. The van der Waals surface area contributed by atoms with Crippen molar-refractivity contribution >= 4 is 17.4 Å². The normalized spacial score (nSPS) is 9.97. The molecule has 0 radical (unpaired) electrons. The molecule has 0 bridgehead atoms. The van der Waals surface area contributed by atoms with E-state index in [4.69, 9.17) is 11.4 Å². The highest BCUT2D eigenvalue weighted by Crippen LogP contribution is 2.36. The third-order valence-electron chi connectivity index (χ3n) is 4.63. The van der Waals surface area contributed by atoms with Crippen molar-refractivity contribution in [2.24, 2.45) is 0 Å². The second-order valence-electron chi connectivity index (χ2n) is 6.38. The first-order chi connectivity index (χ1) is 14.0. The van der Waals surface area contributed by atoms with Crippen molar-refractivity contribution in [3.63, 3.8) is 0 Å². The van der Waals surface area contributed by atoms with E-state index in [2.05, 4.69) is 27.7 Å². The summed E-state index contributed by atoms with van der Waals surface area (Å²) in [6.45, 7) is 3.34. The molecule has 2 N–H and O–H groups in total. The minimum Gasteiger partial charge on any atom is -0.373 e. The van der Waals surface area contributed by atoms with Gasteiger partial charge in [-0.2, -0.15) is 5.26 Å². The number of nitrogens with zero attached hydrogens (tertiary/aromatic N) is 3. The van der Waals surface area contributed by atoms with Crippen LogP contribution in [0.4, 0.5) is 11.6 Å². The van der Waals surface area contributed by atoms with Crippen molar-refractivity contribution in [2.45, 2.75) is 13.8 Å². The summed E-state index contributed by atoms with van der Waals surface area (Å²) in [6, 6.07) is 15.5. The summed E-state index contributed by atoms with van der Waals surface area (Å²) < 4.78 is 0. The number of aromatic nitrogens is 2. The van der Waals surface area contributed by atoms with Gasteiger partial charge in [-0.15, -0.1) is 0 Å². The summed E-state index contributed by atoms with van der Waals surface area (Å²) >= 11 is 0. The minimum atomic E-state index is -0.159. The average Bonchev–Trinajstić information content (AvgIpc) is 2.73. The molecule has 0 saturated heterocycles. The lowest BCUT2D eigenvalue weighted by Gasteiger charge is -2.16. The molecule has 1 aromatic carbocycles. The van der Waals surface area contributed by atoms with E-state index in [1.54, 1.807) is 25.4 Å². The van der Waals surface area contributed by atoms with E-state index in [0.717, 1.165) is 22.3 Å². The van der Waals surface area contributed by atoms with Gasteiger partial charge in [0.25, 0.3) is 0 Å². The van der Waals surface area contributed by atoms with Gasteiger partial charge in [-0.25, -0.2) is 9.97 Å². The van der Waals surface area contributed by atoms with Crippen molar-refractivity contribution < 1.29 is 4.79 Å². The predicted molar refractivity (Wildman–Crippen MR) is 114 cm³/mol. The Morgan fingerprint density at radius 2 is 2.00 bits per heavy atom. The molecule has 6 nitrogen and oxygen atoms in total. The van der Waals surface area contributed by atoms with Crippen LogP contribution in [-0.2, 0) is 0 Å². The van der Waals surface area contributed by atoms with E-state index in [1.807, 2.05) is 31.2 Å². The number of nitrogens with one attached hydrogen (secondary N) is 2. The van der Waals surface area contributed by atoms with E-state index in [1.165, 1.54) is 6.92 Å². The molecule has 2 aromatic heterocycles. The number of terminal acetylenes is 1. The summed E-state index contributed by atoms with van der Waals surface area (Å²) in [5.41, 5.74) is 4.74. The number of Topliss-reactive ketones (excluding diaryl/α,β-unsaturated/α-hetero) is 1. The average molecular weight is 381 g/mol. The molecule has 0 atom stereocenters. The Kier molecular flexibility index (Phi) is 5.57. The first-order valence-corrected chi connectivity index (χ1v) is 8.92. The molecule has 0 saturated carbocycles. The molecule has 0 aliphatic heterocycles. The number of benzene rings is 1. The fourth-order valence-electron chi connectivity index (χ4n) is 3.12. The molecule has 0 spiro atoms. The number of hydrogen-bond donors (Lipinski definition) is 2. The SMILES string of the molecule is C#CNc1nc(-c2cccc(C#N)c2C)c(-c2ccnc(NC)c2)cc1C(C)=O. The molecule has 0 fully saturated rings. The molecular formula is C23H19N5O. The number of ketones is 1. The Hall–Kier alpha value is -4.16. The largest absolute Gasteiger partial charge is 0.373 e. The van der Waals surface area contributed by atoms with Gasteiger partial charge in [0, 0.05) is 30.4 Å². The quantitative estimate of drug-likeness (QED) is 0.390. The van der Waals surface area contributed by atoms with Crippen LogP contribution in [0.5, 0.6) is 0 Å². The van der Waals surface area contributed by atoms with E-state index >= 15 is 0 Å². The van der Waals surface area contributed by atoms with Crippen molar-refractivity contribution in [2.75, 3.05) is 17.7 Å². The number of rotatable bonds is 5. The Bertz CT molecular complexity index is 1180. The lowest BCUT2D eigenvalue weighted by Crippen LogP contribution is -2.06. The molecule has 3 aromatic rings. The third-order valence-corrected chi connectivity index (χ3v) is 4.63. The summed E-state index contributed by atoms with van der Waals surface area (Å²) in [5.74, 6) is 0.836. The van der Waals surface area contributed by atoms with E-state index in [9.17, 15) is 10.1 Å². The standard InChI is InChI=1S/C23H19N5O/c1-5-26-23-19(15(3)29)12-20(16-9-10-27-21(11-16)25-4)22(28-23)18-8-6-7-17(13-24)14(18)2/h1,6-12H,2-4H3,(H,25,27)(H,26,28). The van der Waals surface area contributed by atoms with Gasteiger partial charge in [0.2, 0.25) is 0 Å². The lowest BCUT2D eigenvalue weighted by atomic mass is 9.93. The van der Waals surface area contributed by atoms with Crippen LogP contribution in [0.15, 0.2) is 42.6 Å². The minimum absolute atomic E-state index is 0.159. The zero-order valence-corrected chi connectivity index (χ0v) is 16.4. The molecule has 0 amide bonds. The molecular weight excluding hydrogens is 362 g/mol. The molecule has 0 unspecified atom stereocenters. The Morgan fingerprint density at radius 1 is 1.21 bits per heavy atom. The van der Waals surface area contributed by atoms with Crippen LogP contribution in [0.2, 0.25) is 0 Å². The summed E-state index contributed by atoms with van der Waals surface area (Å²) in [6.07, 6.45) is 7.09. The van der Waals surface area contributed by atoms with Crippen LogP contribution >= 0.6 is 0 Å². The molecule has 0 aliphatic rings. The zero-order chi connectivity index (χ0) is 21.0. The van der Waals surface area contributed by atoms with Crippen LogP contribution in [0.1, 0.15) is 28.4 Å². The number of carbonyl (C=O) groups is 1. The van der Waals surface area contributed by atoms with Crippen molar-refractivity contribution in [1.29, 1.82) is 5.26 Å². The Morgan fingerprint density at radius 3 is 2.66 bits per heavy atom. The van der Waals surface area contributed by atoms with Crippen molar-refractivity contribution in [3.8, 4) is 40.9 Å². The van der Waals surface area contributed by atoms with Gasteiger partial charge in [0.15, 0.2) is 5.78 Å². The van der Waals surface area contributed by atoms with Gasteiger partial charge in [-0.3, -0.25) is 10.1 Å². The highest BCUT2D eigenvalue weighted by molar-refractivity contribution is 6.02. The number of pyridine rings is 2. The van der Waals surface area contributed by atoms with Gasteiger partial charge in [-0.05, 0) is 49.2 Å². The lowest BCUT2D eigenvalue weighted by molar-refractivity contribution is 0.101. The summed E-state index contributed by atoms with van der Waals surface area (Å²) in [5, 5.41) is 15.2. The topological polar surface area (TPSA) is 90.7 Å². The van der Waals surface area contributed by atoms with E-state index in [0.29, 0.717) is 28.5 Å². The van der Waals surface area contributed by atoms with Crippen molar-refractivity contribution in [3.05, 3.63) is 59.3 Å². The highest BCUT2D eigenvalue weighted by Gasteiger charge is 2.19. The number of carbonyl (C=O) groups excluding carboxylic acids is 1. The highest BCUT2D eigenvalue weighted by atomic mass is 16.1. The second-order valence-corrected chi connectivity index (χ2v) is 6.38. The fourth-order valence-corrected chi connectivity index (χ4v) is 3.12. The first-order valence-electron chi connectivity index (χ1n) is 8.92. The smallest absolute Gasteiger partial charge is 0.163 e. The predicted octanol–water partition coefficient (Wildman–Crippen LogP) is 4.24. The van der Waals surface area contributed by atoms with Gasteiger partial charge >= 0.3 is 0 Å². The maximum atomic E-state index is 12.2. The van der Waals surface area contributed by atoms with Gasteiger partial charge in [-0.1, -0.05) is 18.6 Å². The Labute approximate surface area is 169 Å².